The summed E-state index contributed by atoms with van der Waals surface area (Å²) in [7, 11) is -1.46. The Labute approximate surface area is 135 Å². The summed E-state index contributed by atoms with van der Waals surface area (Å²) < 4.78 is 32.7. The van der Waals surface area contributed by atoms with Crippen LogP contribution in [0, 0.1) is 6.92 Å². The van der Waals surface area contributed by atoms with Crippen molar-refractivity contribution in [2.45, 2.75) is 31.2 Å². The number of likely N-dealkylation sites (tertiary alicyclic amines) is 1. The number of sulfonamides is 1. The molecule has 1 aliphatic heterocycles. The number of aromatic nitrogens is 2. The van der Waals surface area contributed by atoms with Crippen molar-refractivity contribution in [1.82, 2.24) is 19.8 Å². The lowest BCUT2D eigenvalue weighted by Crippen LogP contribution is -2.37. The van der Waals surface area contributed by atoms with Gasteiger partial charge in [0, 0.05) is 12.6 Å². The summed E-state index contributed by atoms with van der Waals surface area (Å²) >= 11 is 0. The van der Waals surface area contributed by atoms with E-state index in [9.17, 15) is 8.42 Å². The standard InChI is InChI=1S/C15H20N4O3S/c1-11-16-15(22-17-11)14-8-13(9-19(14)2)18-23(20,21)10-12-6-4-3-5-7-12/h3-7,13-14,18H,8-10H2,1-2H3. The van der Waals surface area contributed by atoms with Crippen molar-refractivity contribution in [1.29, 1.82) is 0 Å². The van der Waals surface area contributed by atoms with Gasteiger partial charge in [0.05, 0.1) is 11.8 Å². The van der Waals surface area contributed by atoms with E-state index in [1.165, 1.54) is 0 Å². The van der Waals surface area contributed by atoms with Crippen LogP contribution in [0.1, 0.15) is 29.7 Å². The van der Waals surface area contributed by atoms with E-state index in [-0.39, 0.29) is 17.8 Å². The maximum Gasteiger partial charge on any atom is 0.244 e. The predicted molar refractivity (Wildman–Crippen MR) is 85.0 cm³/mol. The second-order valence-electron chi connectivity index (χ2n) is 5.93. The Morgan fingerprint density at radius 1 is 1.35 bits per heavy atom. The molecule has 1 fully saturated rings. The molecular formula is C15H20N4O3S. The molecule has 2 atom stereocenters. The van der Waals surface area contributed by atoms with Crippen LogP contribution >= 0.6 is 0 Å². The Hall–Kier alpha value is -1.77. The molecule has 0 radical (unpaired) electrons. The van der Waals surface area contributed by atoms with Gasteiger partial charge in [-0.2, -0.15) is 4.98 Å². The summed E-state index contributed by atoms with van der Waals surface area (Å²) in [4.78, 5) is 6.28. The summed E-state index contributed by atoms with van der Waals surface area (Å²) in [5, 5.41) is 3.80. The highest BCUT2D eigenvalue weighted by molar-refractivity contribution is 7.88. The zero-order chi connectivity index (χ0) is 16.4. The van der Waals surface area contributed by atoms with Gasteiger partial charge in [-0.15, -0.1) is 0 Å². The van der Waals surface area contributed by atoms with Crippen LogP contribution < -0.4 is 4.72 Å². The first kappa shape index (κ1) is 16.1. The number of hydrogen-bond donors (Lipinski definition) is 1. The zero-order valence-corrected chi connectivity index (χ0v) is 14.0. The summed E-state index contributed by atoms with van der Waals surface area (Å²) in [6.07, 6.45) is 0.617. The summed E-state index contributed by atoms with van der Waals surface area (Å²) in [6, 6.07) is 8.94. The van der Waals surface area contributed by atoms with Crippen molar-refractivity contribution in [3.05, 3.63) is 47.6 Å². The summed E-state index contributed by atoms with van der Waals surface area (Å²) in [5.41, 5.74) is 0.774. The fourth-order valence-corrected chi connectivity index (χ4v) is 4.30. The van der Waals surface area contributed by atoms with Gasteiger partial charge in [0.2, 0.25) is 15.9 Å². The topological polar surface area (TPSA) is 88.3 Å². The van der Waals surface area contributed by atoms with E-state index < -0.39 is 10.0 Å². The number of benzene rings is 1. The van der Waals surface area contributed by atoms with Gasteiger partial charge in [0.1, 0.15) is 0 Å². The fourth-order valence-electron chi connectivity index (χ4n) is 2.91. The average molecular weight is 336 g/mol. The molecule has 2 aromatic rings. The Balaban J connectivity index is 1.64. The molecule has 0 saturated carbocycles. The third-order valence-corrected chi connectivity index (χ3v) is 5.33. The minimum Gasteiger partial charge on any atom is -0.338 e. The van der Waals surface area contributed by atoms with Crippen LogP contribution in [-0.2, 0) is 15.8 Å². The normalized spacial score (nSPS) is 22.5. The predicted octanol–water partition coefficient (Wildman–Crippen LogP) is 1.24. The number of likely N-dealkylation sites (N-methyl/N-ethyl adjacent to an activating group) is 1. The van der Waals surface area contributed by atoms with Gasteiger partial charge in [-0.25, -0.2) is 13.1 Å². The van der Waals surface area contributed by atoms with Crippen LogP contribution in [0.15, 0.2) is 34.9 Å². The number of rotatable bonds is 5. The maximum atomic E-state index is 12.3. The average Bonchev–Trinajstić information content (AvgIpc) is 3.05. The lowest BCUT2D eigenvalue weighted by atomic mass is 10.2. The van der Waals surface area contributed by atoms with Gasteiger partial charge in [0.25, 0.3) is 0 Å². The van der Waals surface area contributed by atoms with E-state index in [0.29, 0.717) is 24.7 Å². The zero-order valence-electron chi connectivity index (χ0n) is 13.1. The van der Waals surface area contributed by atoms with Gasteiger partial charge >= 0.3 is 0 Å². The van der Waals surface area contributed by atoms with Crippen molar-refractivity contribution in [2.75, 3.05) is 13.6 Å². The molecule has 2 heterocycles. The molecule has 3 rings (SSSR count). The van der Waals surface area contributed by atoms with Gasteiger partial charge < -0.3 is 4.52 Å². The number of aryl methyl sites for hydroxylation is 1. The van der Waals surface area contributed by atoms with Crippen molar-refractivity contribution in [3.8, 4) is 0 Å². The SMILES string of the molecule is Cc1noc(C2CC(NS(=O)(=O)Cc3ccccc3)CN2C)n1. The van der Waals surface area contributed by atoms with Crippen molar-refractivity contribution in [2.24, 2.45) is 0 Å². The van der Waals surface area contributed by atoms with Crippen molar-refractivity contribution in [3.63, 3.8) is 0 Å². The summed E-state index contributed by atoms with van der Waals surface area (Å²) in [6.45, 7) is 2.38. The Morgan fingerprint density at radius 3 is 2.74 bits per heavy atom. The Kier molecular flexibility index (Phi) is 4.47. The minimum atomic E-state index is -3.39. The highest BCUT2D eigenvalue weighted by atomic mass is 32.2. The van der Waals surface area contributed by atoms with E-state index in [1.807, 2.05) is 42.3 Å². The second-order valence-corrected chi connectivity index (χ2v) is 7.68. The molecule has 23 heavy (non-hydrogen) atoms. The van der Waals surface area contributed by atoms with Crippen LogP contribution in [0.4, 0.5) is 0 Å². The molecule has 8 heteroatoms. The van der Waals surface area contributed by atoms with E-state index in [4.69, 9.17) is 4.52 Å². The Bertz CT molecular complexity index is 760. The molecule has 2 unspecified atom stereocenters. The van der Waals surface area contributed by atoms with Crippen LogP contribution in [0.3, 0.4) is 0 Å². The smallest absolute Gasteiger partial charge is 0.244 e. The molecule has 1 aromatic heterocycles. The molecule has 1 aromatic carbocycles. The highest BCUT2D eigenvalue weighted by Gasteiger charge is 2.36. The first-order chi connectivity index (χ1) is 10.9. The molecular weight excluding hydrogens is 316 g/mol. The van der Waals surface area contributed by atoms with E-state index in [0.717, 1.165) is 5.56 Å². The third-order valence-electron chi connectivity index (χ3n) is 3.92. The third kappa shape index (κ3) is 3.95. The van der Waals surface area contributed by atoms with E-state index >= 15 is 0 Å². The maximum absolute atomic E-state index is 12.3. The van der Waals surface area contributed by atoms with Crippen LogP contribution in [-0.4, -0.2) is 43.1 Å². The van der Waals surface area contributed by atoms with Gasteiger partial charge in [-0.1, -0.05) is 35.5 Å². The second kappa shape index (κ2) is 6.38. The number of nitrogens with zero attached hydrogens (tertiary/aromatic N) is 3. The molecule has 1 aliphatic rings. The van der Waals surface area contributed by atoms with E-state index in [1.54, 1.807) is 6.92 Å². The van der Waals surface area contributed by atoms with Gasteiger partial charge in [0.15, 0.2) is 5.82 Å². The fraction of sp³-hybridized carbons (Fsp3) is 0.467. The lowest BCUT2D eigenvalue weighted by Gasteiger charge is -2.14. The molecule has 1 saturated heterocycles. The quantitative estimate of drug-likeness (QED) is 0.884. The summed E-state index contributed by atoms with van der Waals surface area (Å²) in [5.74, 6) is 1.11. The first-order valence-corrected chi connectivity index (χ1v) is 9.12. The van der Waals surface area contributed by atoms with Gasteiger partial charge in [-0.3, -0.25) is 4.90 Å². The number of hydrogen-bond acceptors (Lipinski definition) is 6. The number of nitrogens with one attached hydrogen (secondary N) is 1. The van der Waals surface area contributed by atoms with Crippen LogP contribution in [0.5, 0.6) is 0 Å². The highest BCUT2D eigenvalue weighted by Crippen LogP contribution is 2.29. The Morgan fingerprint density at radius 2 is 2.09 bits per heavy atom. The van der Waals surface area contributed by atoms with Crippen molar-refractivity contribution < 1.29 is 12.9 Å². The lowest BCUT2D eigenvalue weighted by molar-refractivity contribution is 0.244. The molecule has 7 nitrogen and oxygen atoms in total. The molecule has 124 valence electrons. The molecule has 0 bridgehead atoms. The molecule has 0 spiro atoms. The molecule has 0 aliphatic carbocycles. The van der Waals surface area contributed by atoms with Crippen molar-refractivity contribution >= 4 is 10.0 Å². The van der Waals surface area contributed by atoms with E-state index in [2.05, 4.69) is 14.9 Å². The van der Waals surface area contributed by atoms with Crippen LogP contribution in [0.2, 0.25) is 0 Å². The van der Waals surface area contributed by atoms with Crippen LogP contribution in [0.25, 0.3) is 0 Å². The monoisotopic (exact) mass is 336 g/mol. The largest absolute Gasteiger partial charge is 0.338 e. The minimum absolute atomic E-state index is 0.0155. The van der Waals surface area contributed by atoms with Gasteiger partial charge in [-0.05, 0) is 26.0 Å². The first-order valence-electron chi connectivity index (χ1n) is 7.47. The molecule has 1 N–H and O–H groups in total. The molecule has 0 amide bonds.